The second kappa shape index (κ2) is 6.79. The van der Waals surface area contributed by atoms with E-state index in [9.17, 15) is 9.59 Å². The standard InChI is InChI=1S/C18H19NO4/c1-22-18(21)15-8-13-4-2-3-5-14(13)9-16(15)19-17(20)11-23-10-12-6-7-12/h2-5,8-9,12H,6-7,10-11H2,1H3,(H,19,20). The summed E-state index contributed by atoms with van der Waals surface area (Å²) in [5.41, 5.74) is 0.775. The zero-order chi connectivity index (χ0) is 16.2. The molecule has 0 spiro atoms. The first kappa shape index (κ1) is 15.5. The number of hydrogen-bond donors (Lipinski definition) is 1. The molecule has 5 nitrogen and oxygen atoms in total. The molecule has 23 heavy (non-hydrogen) atoms. The summed E-state index contributed by atoms with van der Waals surface area (Å²) in [5.74, 6) is -0.148. The van der Waals surface area contributed by atoms with Crippen LogP contribution in [0.25, 0.3) is 10.8 Å². The van der Waals surface area contributed by atoms with Crippen LogP contribution < -0.4 is 5.32 Å². The van der Waals surface area contributed by atoms with E-state index in [4.69, 9.17) is 9.47 Å². The molecule has 120 valence electrons. The van der Waals surface area contributed by atoms with Crippen molar-refractivity contribution in [1.29, 1.82) is 0 Å². The number of anilines is 1. The fourth-order valence-corrected chi connectivity index (χ4v) is 2.41. The molecule has 1 N–H and O–H groups in total. The minimum atomic E-state index is -0.482. The summed E-state index contributed by atoms with van der Waals surface area (Å²) in [7, 11) is 1.32. The first-order chi connectivity index (χ1) is 11.2. The molecule has 1 fully saturated rings. The number of esters is 1. The topological polar surface area (TPSA) is 64.6 Å². The molecule has 5 heteroatoms. The number of carbonyl (C=O) groups is 2. The van der Waals surface area contributed by atoms with Gasteiger partial charge < -0.3 is 14.8 Å². The summed E-state index contributed by atoms with van der Waals surface area (Å²) < 4.78 is 10.2. The van der Waals surface area contributed by atoms with Gasteiger partial charge in [0.1, 0.15) is 6.61 Å². The minimum absolute atomic E-state index is 0.00998. The van der Waals surface area contributed by atoms with E-state index in [2.05, 4.69) is 5.32 Å². The van der Waals surface area contributed by atoms with Crippen molar-refractivity contribution in [3.63, 3.8) is 0 Å². The average molecular weight is 313 g/mol. The van der Waals surface area contributed by atoms with Gasteiger partial charge in [-0.15, -0.1) is 0 Å². The van der Waals surface area contributed by atoms with Gasteiger partial charge in [0.25, 0.3) is 0 Å². The molecule has 2 aromatic carbocycles. The molecule has 2 aromatic rings. The molecule has 1 amide bonds. The molecule has 0 heterocycles. The predicted octanol–water partition coefficient (Wildman–Crippen LogP) is 2.99. The maximum absolute atomic E-state index is 12.0. The van der Waals surface area contributed by atoms with Crippen molar-refractivity contribution >= 4 is 28.3 Å². The number of nitrogens with one attached hydrogen (secondary N) is 1. The van der Waals surface area contributed by atoms with Crippen molar-refractivity contribution in [3.8, 4) is 0 Å². The second-order valence-electron chi connectivity index (χ2n) is 5.74. The maximum atomic E-state index is 12.0. The van der Waals surface area contributed by atoms with Gasteiger partial charge in [-0.2, -0.15) is 0 Å². The van der Waals surface area contributed by atoms with E-state index in [-0.39, 0.29) is 12.5 Å². The molecule has 0 unspecified atom stereocenters. The Morgan fingerprint density at radius 3 is 2.52 bits per heavy atom. The lowest BCUT2D eigenvalue weighted by Crippen LogP contribution is -2.20. The fraction of sp³-hybridized carbons (Fsp3) is 0.333. The Bertz CT molecular complexity index is 737. The van der Waals surface area contributed by atoms with Gasteiger partial charge in [0, 0.05) is 0 Å². The summed E-state index contributed by atoms with van der Waals surface area (Å²) in [5, 5.41) is 4.60. The lowest BCUT2D eigenvalue weighted by Gasteiger charge is -2.12. The molecule has 3 rings (SSSR count). The van der Waals surface area contributed by atoms with Gasteiger partial charge in [0.2, 0.25) is 5.91 Å². The van der Waals surface area contributed by atoms with Gasteiger partial charge >= 0.3 is 5.97 Å². The smallest absolute Gasteiger partial charge is 0.339 e. The SMILES string of the molecule is COC(=O)c1cc2ccccc2cc1NC(=O)COCC1CC1. The van der Waals surface area contributed by atoms with E-state index >= 15 is 0 Å². The van der Waals surface area contributed by atoms with Crippen LogP contribution in [0.4, 0.5) is 5.69 Å². The Balaban J connectivity index is 1.78. The van der Waals surface area contributed by atoms with Crippen LogP contribution in [-0.4, -0.2) is 32.2 Å². The highest BCUT2D eigenvalue weighted by Gasteiger charge is 2.22. The Morgan fingerprint density at radius 2 is 1.87 bits per heavy atom. The monoisotopic (exact) mass is 313 g/mol. The number of amides is 1. The summed E-state index contributed by atoms with van der Waals surface area (Å²) in [4.78, 5) is 24.0. The van der Waals surface area contributed by atoms with Crippen molar-refractivity contribution in [1.82, 2.24) is 0 Å². The van der Waals surface area contributed by atoms with E-state index in [1.54, 1.807) is 12.1 Å². The van der Waals surface area contributed by atoms with Crippen LogP contribution in [0, 0.1) is 5.92 Å². The number of hydrogen-bond acceptors (Lipinski definition) is 4. The van der Waals surface area contributed by atoms with E-state index in [0.29, 0.717) is 23.8 Å². The molecule has 1 saturated carbocycles. The molecule has 0 bridgehead atoms. The van der Waals surface area contributed by atoms with Crippen molar-refractivity contribution in [2.45, 2.75) is 12.8 Å². The van der Waals surface area contributed by atoms with Gasteiger partial charge in [0.05, 0.1) is 25.0 Å². The second-order valence-corrected chi connectivity index (χ2v) is 5.74. The zero-order valence-electron chi connectivity index (χ0n) is 13.0. The average Bonchev–Trinajstić information content (AvgIpc) is 3.37. The van der Waals surface area contributed by atoms with Crippen molar-refractivity contribution in [2.75, 3.05) is 25.6 Å². The van der Waals surface area contributed by atoms with Gasteiger partial charge in [-0.25, -0.2) is 4.79 Å². The largest absolute Gasteiger partial charge is 0.465 e. The number of carbonyl (C=O) groups excluding carboxylic acids is 2. The highest BCUT2D eigenvalue weighted by Crippen LogP contribution is 2.29. The van der Waals surface area contributed by atoms with Crippen molar-refractivity contribution in [2.24, 2.45) is 5.92 Å². The van der Waals surface area contributed by atoms with E-state index in [1.165, 1.54) is 20.0 Å². The van der Waals surface area contributed by atoms with E-state index in [0.717, 1.165) is 10.8 Å². The van der Waals surface area contributed by atoms with Crippen LogP contribution in [-0.2, 0) is 14.3 Å². The summed E-state index contributed by atoms with van der Waals surface area (Å²) in [6.45, 7) is 0.610. The highest BCUT2D eigenvalue weighted by atomic mass is 16.5. The third kappa shape index (κ3) is 3.87. The Labute approximate surface area is 134 Å². The molecular formula is C18H19NO4. The molecule has 0 aromatic heterocycles. The third-order valence-electron chi connectivity index (χ3n) is 3.85. The maximum Gasteiger partial charge on any atom is 0.339 e. The Kier molecular flexibility index (Phi) is 4.57. The number of methoxy groups -OCH3 is 1. The summed E-state index contributed by atoms with van der Waals surface area (Å²) in [6.07, 6.45) is 2.36. The van der Waals surface area contributed by atoms with Crippen molar-refractivity contribution in [3.05, 3.63) is 42.0 Å². The number of rotatable bonds is 6. The number of benzene rings is 2. The van der Waals surface area contributed by atoms with Crippen molar-refractivity contribution < 1.29 is 19.1 Å². The molecule has 1 aliphatic carbocycles. The van der Waals surface area contributed by atoms with Crippen LogP contribution in [0.15, 0.2) is 36.4 Å². The molecule has 0 atom stereocenters. The van der Waals surface area contributed by atoms with Gasteiger partial charge in [-0.05, 0) is 41.7 Å². The van der Waals surface area contributed by atoms with Gasteiger partial charge in [-0.1, -0.05) is 24.3 Å². The van der Waals surface area contributed by atoms with Gasteiger partial charge in [0.15, 0.2) is 0 Å². The number of fused-ring (bicyclic) bond motifs is 1. The van der Waals surface area contributed by atoms with Crippen LogP contribution in [0.5, 0.6) is 0 Å². The Hall–Kier alpha value is -2.40. The van der Waals surface area contributed by atoms with Crippen LogP contribution in [0.1, 0.15) is 23.2 Å². The minimum Gasteiger partial charge on any atom is -0.465 e. The quantitative estimate of drug-likeness (QED) is 0.833. The normalized spacial score (nSPS) is 13.8. The van der Waals surface area contributed by atoms with Gasteiger partial charge in [-0.3, -0.25) is 4.79 Å². The summed E-state index contributed by atoms with van der Waals surface area (Å²) >= 11 is 0. The lowest BCUT2D eigenvalue weighted by atomic mass is 10.0. The highest BCUT2D eigenvalue weighted by molar-refractivity contribution is 6.06. The molecule has 0 saturated heterocycles. The lowest BCUT2D eigenvalue weighted by molar-refractivity contribution is -0.120. The predicted molar refractivity (Wildman–Crippen MR) is 87.5 cm³/mol. The van der Waals surface area contributed by atoms with Crippen LogP contribution >= 0.6 is 0 Å². The Morgan fingerprint density at radius 1 is 1.17 bits per heavy atom. The van der Waals surface area contributed by atoms with Crippen LogP contribution in [0.3, 0.4) is 0 Å². The molecule has 0 aliphatic heterocycles. The fourth-order valence-electron chi connectivity index (χ4n) is 2.41. The molecule has 0 radical (unpaired) electrons. The van der Waals surface area contributed by atoms with Crippen LogP contribution in [0.2, 0.25) is 0 Å². The molecule has 1 aliphatic rings. The number of ether oxygens (including phenoxy) is 2. The van der Waals surface area contributed by atoms with E-state index < -0.39 is 5.97 Å². The van der Waals surface area contributed by atoms with E-state index in [1.807, 2.05) is 24.3 Å². The molecular weight excluding hydrogens is 294 g/mol. The third-order valence-corrected chi connectivity index (χ3v) is 3.85. The zero-order valence-corrected chi connectivity index (χ0v) is 13.0. The summed E-state index contributed by atoms with van der Waals surface area (Å²) in [6, 6.07) is 11.1. The first-order valence-electron chi connectivity index (χ1n) is 7.66. The first-order valence-corrected chi connectivity index (χ1v) is 7.66.